The van der Waals surface area contributed by atoms with Gasteiger partial charge in [0, 0.05) is 28.7 Å². The quantitative estimate of drug-likeness (QED) is 0.913. The second-order valence-electron chi connectivity index (χ2n) is 4.03. The van der Waals surface area contributed by atoms with Crippen molar-refractivity contribution in [2.75, 3.05) is 7.05 Å². The number of aryl methyl sites for hydroxylation is 1. The van der Waals surface area contributed by atoms with Gasteiger partial charge >= 0.3 is 0 Å². The minimum atomic E-state index is -3.51. The number of nitrogens with zero attached hydrogens (tertiary/aromatic N) is 2. The van der Waals surface area contributed by atoms with Gasteiger partial charge in [-0.3, -0.25) is 0 Å². The first-order valence-corrected chi connectivity index (χ1v) is 8.68. The van der Waals surface area contributed by atoms with Crippen molar-refractivity contribution in [1.29, 1.82) is 0 Å². The largest absolute Gasteiger partial charge is 0.391 e. The van der Waals surface area contributed by atoms with Gasteiger partial charge in [-0.05, 0) is 13.0 Å². The first kappa shape index (κ1) is 14.6. The Morgan fingerprint density at radius 1 is 1.42 bits per heavy atom. The molecule has 2 heterocycles. The molecule has 0 aromatic carbocycles. The van der Waals surface area contributed by atoms with Crippen molar-refractivity contribution in [3.8, 4) is 0 Å². The fourth-order valence-corrected chi connectivity index (χ4v) is 4.70. The lowest BCUT2D eigenvalue weighted by Crippen LogP contribution is -2.26. The van der Waals surface area contributed by atoms with Gasteiger partial charge in [0.15, 0.2) is 0 Å². The van der Waals surface area contributed by atoms with Crippen LogP contribution >= 0.6 is 22.7 Å². The number of aliphatic hydroxyl groups excluding tert-OH is 1. The molecule has 0 saturated heterocycles. The zero-order valence-electron chi connectivity index (χ0n) is 10.5. The molecule has 104 valence electrons. The lowest BCUT2D eigenvalue weighted by atomic mass is 10.4. The average Bonchev–Trinajstić information content (AvgIpc) is 2.99. The lowest BCUT2D eigenvalue weighted by Gasteiger charge is -2.15. The second kappa shape index (κ2) is 5.68. The fourth-order valence-electron chi connectivity index (χ4n) is 1.52. The topological polar surface area (TPSA) is 70.5 Å². The Morgan fingerprint density at radius 2 is 2.16 bits per heavy atom. The van der Waals surface area contributed by atoms with E-state index >= 15 is 0 Å². The first-order valence-electron chi connectivity index (χ1n) is 5.48. The molecule has 2 aromatic rings. The normalized spacial score (nSPS) is 12.2. The molecule has 0 spiro atoms. The van der Waals surface area contributed by atoms with E-state index in [-0.39, 0.29) is 11.5 Å². The molecule has 2 rings (SSSR count). The van der Waals surface area contributed by atoms with Gasteiger partial charge in [-0.2, -0.15) is 4.31 Å². The predicted octanol–water partition coefficient (Wildman–Crippen LogP) is 1.83. The van der Waals surface area contributed by atoms with Crippen LogP contribution in [0.25, 0.3) is 0 Å². The molecule has 1 N–H and O–H groups in total. The number of hydrogen-bond donors (Lipinski definition) is 1. The highest BCUT2D eigenvalue weighted by atomic mass is 32.2. The van der Waals surface area contributed by atoms with E-state index in [2.05, 4.69) is 4.98 Å². The van der Waals surface area contributed by atoms with Crippen molar-refractivity contribution >= 4 is 32.7 Å². The molecule has 0 aliphatic carbocycles. The summed E-state index contributed by atoms with van der Waals surface area (Å²) >= 11 is 2.68. The van der Waals surface area contributed by atoms with Crippen LogP contribution in [0.4, 0.5) is 0 Å². The highest BCUT2D eigenvalue weighted by Gasteiger charge is 2.23. The Bertz CT molecular complexity index is 660. The third-order valence-electron chi connectivity index (χ3n) is 2.70. The van der Waals surface area contributed by atoms with Crippen LogP contribution in [0.3, 0.4) is 0 Å². The monoisotopic (exact) mass is 318 g/mol. The Kier molecular flexibility index (Phi) is 4.36. The molecule has 0 aliphatic rings. The summed E-state index contributed by atoms with van der Waals surface area (Å²) in [4.78, 5) is 5.91. The number of thiophene rings is 1. The minimum absolute atomic E-state index is 0.141. The van der Waals surface area contributed by atoms with Crippen molar-refractivity contribution in [2.24, 2.45) is 0 Å². The van der Waals surface area contributed by atoms with Crippen molar-refractivity contribution in [2.45, 2.75) is 25.0 Å². The molecule has 0 unspecified atom stereocenters. The summed E-state index contributed by atoms with van der Waals surface area (Å²) in [5.41, 5.74) is 2.56. The molecule has 5 nitrogen and oxygen atoms in total. The summed E-state index contributed by atoms with van der Waals surface area (Å²) in [6, 6.07) is 1.51. The first-order chi connectivity index (χ1) is 8.95. The van der Waals surface area contributed by atoms with Gasteiger partial charge in [0.2, 0.25) is 10.0 Å². The number of thiazole rings is 1. The summed E-state index contributed by atoms with van der Waals surface area (Å²) in [5, 5.41) is 10.5. The maximum atomic E-state index is 12.3. The van der Waals surface area contributed by atoms with Gasteiger partial charge in [-0.25, -0.2) is 13.4 Å². The molecule has 0 atom stereocenters. The summed E-state index contributed by atoms with van der Waals surface area (Å²) in [5.74, 6) is 0. The fraction of sp³-hybridized carbons (Fsp3) is 0.364. The maximum Gasteiger partial charge on any atom is 0.243 e. The molecule has 0 radical (unpaired) electrons. The van der Waals surface area contributed by atoms with Crippen LogP contribution in [0, 0.1) is 6.92 Å². The third kappa shape index (κ3) is 3.03. The minimum Gasteiger partial charge on any atom is -0.391 e. The summed E-state index contributed by atoms with van der Waals surface area (Å²) in [6.07, 6.45) is 0. The number of aliphatic hydroxyl groups is 1. The zero-order valence-corrected chi connectivity index (χ0v) is 13.0. The predicted molar refractivity (Wildman–Crippen MR) is 75.7 cm³/mol. The van der Waals surface area contributed by atoms with Crippen LogP contribution in [0.5, 0.6) is 0 Å². The summed E-state index contributed by atoms with van der Waals surface area (Å²) in [6.45, 7) is 2.03. The lowest BCUT2D eigenvalue weighted by molar-refractivity contribution is 0.285. The van der Waals surface area contributed by atoms with E-state index < -0.39 is 10.0 Å². The molecule has 0 aliphatic heterocycles. The van der Waals surface area contributed by atoms with Gasteiger partial charge in [-0.1, -0.05) is 0 Å². The molecule has 2 aromatic heterocycles. The highest BCUT2D eigenvalue weighted by Crippen LogP contribution is 2.24. The van der Waals surface area contributed by atoms with Crippen LogP contribution in [0.15, 0.2) is 21.9 Å². The van der Waals surface area contributed by atoms with Gasteiger partial charge in [0.1, 0.15) is 0 Å². The third-order valence-corrected chi connectivity index (χ3v) is 6.48. The Labute approximate surface area is 120 Å². The number of sulfonamides is 1. The van der Waals surface area contributed by atoms with E-state index in [1.807, 2.05) is 6.92 Å². The van der Waals surface area contributed by atoms with Crippen molar-refractivity contribution in [3.05, 3.63) is 32.4 Å². The Balaban J connectivity index is 2.22. The van der Waals surface area contributed by atoms with Crippen LogP contribution in [-0.4, -0.2) is 29.9 Å². The van der Waals surface area contributed by atoms with E-state index in [4.69, 9.17) is 5.11 Å². The van der Waals surface area contributed by atoms with E-state index in [1.165, 1.54) is 33.0 Å². The van der Waals surface area contributed by atoms with Crippen LogP contribution in [-0.2, 0) is 23.2 Å². The van der Waals surface area contributed by atoms with Crippen LogP contribution in [0.1, 0.15) is 15.4 Å². The summed E-state index contributed by atoms with van der Waals surface area (Å²) < 4.78 is 26.0. The Morgan fingerprint density at radius 3 is 2.68 bits per heavy atom. The molecule has 0 bridgehead atoms. The van der Waals surface area contributed by atoms with E-state index in [1.54, 1.807) is 17.9 Å². The number of rotatable bonds is 5. The number of aromatic nitrogens is 1. The molecule has 0 amide bonds. The highest BCUT2D eigenvalue weighted by molar-refractivity contribution is 7.89. The number of hydrogen-bond acceptors (Lipinski definition) is 6. The van der Waals surface area contributed by atoms with E-state index in [0.717, 1.165) is 10.6 Å². The van der Waals surface area contributed by atoms with Gasteiger partial charge < -0.3 is 5.11 Å². The SMILES string of the molecule is Cc1ncsc1CN(C)S(=O)(=O)c1csc(CO)c1. The van der Waals surface area contributed by atoms with Crippen molar-refractivity contribution in [3.63, 3.8) is 0 Å². The maximum absolute atomic E-state index is 12.3. The standard InChI is InChI=1S/C11H14N2O3S3/c1-8-11(18-7-12-8)4-13(2)19(15,16)10-3-9(5-14)17-6-10/h3,6-7,14H,4-5H2,1-2H3. The second-order valence-corrected chi connectivity index (χ2v) is 8.01. The molecule has 8 heteroatoms. The van der Waals surface area contributed by atoms with Gasteiger partial charge in [0.05, 0.1) is 22.7 Å². The van der Waals surface area contributed by atoms with Crippen molar-refractivity contribution < 1.29 is 13.5 Å². The van der Waals surface area contributed by atoms with Gasteiger partial charge in [-0.15, -0.1) is 22.7 Å². The van der Waals surface area contributed by atoms with Crippen LogP contribution < -0.4 is 0 Å². The molecule has 0 fully saturated rings. The van der Waals surface area contributed by atoms with E-state index in [9.17, 15) is 8.42 Å². The molecule has 0 saturated carbocycles. The Hall–Kier alpha value is -0.800. The molecule has 19 heavy (non-hydrogen) atoms. The smallest absolute Gasteiger partial charge is 0.243 e. The molecular weight excluding hydrogens is 304 g/mol. The zero-order chi connectivity index (χ0) is 14.0. The van der Waals surface area contributed by atoms with Crippen molar-refractivity contribution in [1.82, 2.24) is 9.29 Å². The molecular formula is C11H14N2O3S3. The van der Waals surface area contributed by atoms with Crippen LogP contribution in [0.2, 0.25) is 0 Å². The summed E-state index contributed by atoms with van der Waals surface area (Å²) in [7, 11) is -1.96. The van der Waals surface area contributed by atoms with E-state index in [0.29, 0.717) is 11.4 Å². The average molecular weight is 318 g/mol. The van der Waals surface area contributed by atoms with Gasteiger partial charge in [0.25, 0.3) is 0 Å².